The van der Waals surface area contributed by atoms with Gasteiger partial charge in [0.25, 0.3) is 0 Å². The number of ether oxygens (including phenoxy) is 1. The Kier molecular flexibility index (Phi) is 5.81. The monoisotopic (exact) mass is 384 g/mol. The van der Waals surface area contributed by atoms with Crippen LogP contribution in [-0.2, 0) is 17.6 Å². The van der Waals surface area contributed by atoms with E-state index >= 15 is 0 Å². The number of halogens is 1. The van der Waals surface area contributed by atoms with Crippen LogP contribution in [0.25, 0.3) is 16.9 Å². The number of rotatable bonds is 7. The fourth-order valence-electron chi connectivity index (χ4n) is 3.11. The molecule has 0 radical (unpaired) electrons. The minimum Gasteiger partial charge on any atom is -0.497 e. The molecular formula is C21H21ClN2O3. The molecule has 1 aromatic heterocycles. The molecule has 0 amide bonds. The van der Waals surface area contributed by atoms with Crippen molar-refractivity contribution in [2.45, 2.75) is 26.2 Å². The van der Waals surface area contributed by atoms with Gasteiger partial charge in [-0.05, 0) is 42.8 Å². The van der Waals surface area contributed by atoms with E-state index in [1.54, 1.807) is 7.11 Å². The molecule has 5 nitrogen and oxygen atoms in total. The number of methoxy groups -OCH3 is 1. The lowest BCUT2D eigenvalue weighted by molar-refractivity contribution is -0.136. The van der Waals surface area contributed by atoms with Crippen molar-refractivity contribution in [1.29, 1.82) is 0 Å². The molecule has 2 aromatic carbocycles. The van der Waals surface area contributed by atoms with Crippen LogP contribution < -0.4 is 4.74 Å². The summed E-state index contributed by atoms with van der Waals surface area (Å²) >= 11 is 6.05. The standard InChI is InChI=1S/C21H21ClN2O3/c1-3-18-19(12-13-20(25)26)23-24(16-8-10-17(27-2)11-9-16)21(18)14-4-6-15(22)7-5-14/h4-11H,3,12-13H2,1-2H3,(H,25,26). The number of carboxylic acid groups (broad SMARTS) is 1. The van der Waals surface area contributed by atoms with Crippen LogP contribution in [0.3, 0.4) is 0 Å². The summed E-state index contributed by atoms with van der Waals surface area (Å²) in [6.07, 6.45) is 1.19. The van der Waals surface area contributed by atoms with Gasteiger partial charge < -0.3 is 9.84 Å². The molecule has 0 saturated carbocycles. The Morgan fingerprint density at radius 3 is 2.37 bits per heavy atom. The second kappa shape index (κ2) is 8.27. The molecule has 0 fully saturated rings. The molecule has 3 rings (SSSR count). The van der Waals surface area contributed by atoms with Crippen LogP contribution >= 0.6 is 11.6 Å². The lowest BCUT2D eigenvalue weighted by Crippen LogP contribution is -2.01. The van der Waals surface area contributed by atoms with Gasteiger partial charge in [-0.25, -0.2) is 4.68 Å². The summed E-state index contributed by atoms with van der Waals surface area (Å²) in [5.74, 6) is -0.0649. The van der Waals surface area contributed by atoms with E-state index in [-0.39, 0.29) is 6.42 Å². The van der Waals surface area contributed by atoms with E-state index in [4.69, 9.17) is 26.5 Å². The second-order valence-electron chi connectivity index (χ2n) is 6.14. The average molecular weight is 385 g/mol. The summed E-state index contributed by atoms with van der Waals surface area (Å²) in [7, 11) is 1.63. The summed E-state index contributed by atoms with van der Waals surface area (Å²) < 4.78 is 7.11. The third kappa shape index (κ3) is 4.14. The van der Waals surface area contributed by atoms with Crippen molar-refractivity contribution in [1.82, 2.24) is 9.78 Å². The normalized spacial score (nSPS) is 10.8. The number of benzene rings is 2. The maximum atomic E-state index is 11.0. The Bertz CT molecular complexity index is 931. The maximum Gasteiger partial charge on any atom is 0.303 e. The number of aromatic nitrogens is 2. The van der Waals surface area contributed by atoms with Gasteiger partial charge in [0, 0.05) is 22.6 Å². The van der Waals surface area contributed by atoms with Gasteiger partial charge in [-0.1, -0.05) is 30.7 Å². The van der Waals surface area contributed by atoms with E-state index < -0.39 is 5.97 Å². The first-order valence-electron chi connectivity index (χ1n) is 8.76. The first kappa shape index (κ1) is 19.0. The van der Waals surface area contributed by atoms with Crippen molar-refractivity contribution in [3.8, 4) is 22.7 Å². The first-order chi connectivity index (χ1) is 13.0. The molecule has 140 valence electrons. The molecule has 0 aliphatic heterocycles. The van der Waals surface area contributed by atoms with Crippen LogP contribution in [0.2, 0.25) is 5.02 Å². The Balaban J connectivity index is 2.16. The molecular weight excluding hydrogens is 364 g/mol. The molecule has 3 aromatic rings. The van der Waals surface area contributed by atoms with Crippen LogP contribution in [0.15, 0.2) is 48.5 Å². The van der Waals surface area contributed by atoms with Gasteiger partial charge in [0.1, 0.15) is 5.75 Å². The molecule has 1 N–H and O–H groups in total. The fourth-order valence-corrected chi connectivity index (χ4v) is 3.23. The predicted octanol–water partition coefficient (Wildman–Crippen LogP) is 4.78. The molecule has 0 aliphatic rings. The molecule has 0 saturated heterocycles. The van der Waals surface area contributed by atoms with Gasteiger partial charge >= 0.3 is 5.97 Å². The highest BCUT2D eigenvalue weighted by atomic mass is 35.5. The minimum absolute atomic E-state index is 0.0483. The minimum atomic E-state index is -0.830. The topological polar surface area (TPSA) is 64.3 Å². The average Bonchev–Trinajstić information content (AvgIpc) is 3.05. The van der Waals surface area contributed by atoms with E-state index in [2.05, 4.69) is 6.92 Å². The predicted molar refractivity (Wildman–Crippen MR) is 106 cm³/mol. The lowest BCUT2D eigenvalue weighted by Gasteiger charge is -2.10. The zero-order chi connectivity index (χ0) is 19.4. The molecule has 0 bridgehead atoms. The van der Waals surface area contributed by atoms with Crippen LogP contribution in [0.1, 0.15) is 24.6 Å². The van der Waals surface area contributed by atoms with Crippen molar-refractivity contribution < 1.29 is 14.6 Å². The van der Waals surface area contributed by atoms with E-state index in [9.17, 15) is 4.79 Å². The molecule has 0 unspecified atom stereocenters. The van der Waals surface area contributed by atoms with Crippen molar-refractivity contribution in [3.63, 3.8) is 0 Å². The van der Waals surface area contributed by atoms with Crippen molar-refractivity contribution in [2.24, 2.45) is 0 Å². The van der Waals surface area contributed by atoms with E-state index in [0.717, 1.165) is 40.4 Å². The van der Waals surface area contributed by atoms with Crippen molar-refractivity contribution in [2.75, 3.05) is 7.11 Å². The number of hydrogen-bond donors (Lipinski definition) is 1. The molecule has 1 heterocycles. The lowest BCUT2D eigenvalue weighted by atomic mass is 10.0. The zero-order valence-electron chi connectivity index (χ0n) is 15.3. The van der Waals surface area contributed by atoms with Gasteiger partial charge in [0.15, 0.2) is 0 Å². The highest BCUT2D eigenvalue weighted by Gasteiger charge is 2.20. The maximum absolute atomic E-state index is 11.0. The largest absolute Gasteiger partial charge is 0.497 e. The van der Waals surface area contributed by atoms with Crippen LogP contribution in [0, 0.1) is 0 Å². The van der Waals surface area contributed by atoms with Gasteiger partial charge in [0.05, 0.1) is 30.6 Å². The first-order valence-corrected chi connectivity index (χ1v) is 9.14. The van der Waals surface area contributed by atoms with Crippen molar-refractivity contribution >= 4 is 17.6 Å². The smallest absolute Gasteiger partial charge is 0.303 e. The summed E-state index contributed by atoms with van der Waals surface area (Å²) in [4.78, 5) is 11.0. The summed E-state index contributed by atoms with van der Waals surface area (Å²) in [5.41, 5.74) is 4.69. The fraction of sp³-hybridized carbons (Fsp3) is 0.238. The number of hydrogen-bond acceptors (Lipinski definition) is 3. The summed E-state index contributed by atoms with van der Waals surface area (Å²) in [5, 5.41) is 14.5. The number of carbonyl (C=O) groups is 1. The second-order valence-corrected chi connectivity index (χ2v) is 6.57. The van der Waals surface area contributed by atoms with Crippen LogP contribution in [0.4, 0.5) is 0 Å². The van der Waals surface area contributed by atoms with E-state index in [1.165, 1.54) is 0 Å². The molecule has 0 atom stereocenters. The van der Waals surface area contributed by atoms with Crippen LogP contribution in [-0.4, -0.2) is 28.0 Å². The quantitative estimate of drug-likeness (QED) is 0.636. The summed E-state index contributed by atoms with van der Waals surface area (Å²) in [6, 6.07) is 15.2. The van der Waals surface area contributed by atoms with Gasteiger partial charge in [0.2, 0.25) is 0 Å². The Labute approximate surface area is 163 Å². The zero-order valence-corrected chi connectivity index (χ0v) is 16.0. The highest BCUT2D eigenvalue weighted by Crippen LogP contribution is 2.31. The molecule has 6 heteroatoms. The van der Waals surface area contributed by atoms with Gasteiger partial charge in [-0.2, -0.15) is 5.10 Å². The highest BCUT2D eigenvalue weighted by molar-refractivity contribution is 6.30. The third-order valence-electron chi connectivity index (χ3n) is 4.43. The van der Waals surface area contributed by atoms with Gasteiger partial charge in [-0.3, -0.25) is 4.79 Å². The Hall–Kier alpha value is -2.79. The third-order valence-corrected chi connectivity index (χ3v) is 4.68. The van der Waals surface area contributed by atoms with Gasteiger partial charge in [-0.15, -0.1) is 0 Å². The van der Waals surface area contributed by atoms with Crippen LogP contribution in [0.5, 0.6) is 5.75 Å². The Morgan fingerprint density at radius 2 is 1.81 bits per heavy atom. The van der Waals surface area contributed by atoms with E-state index in [1.807, 2.05) is 53.2 Å². The number of carboxylic acids is 1. The number of nitrogens with zero attached hydrogens (tertiary/aromatic N) is 2. The Morgan fingerprint density at radius 1 is 1.15 bits per heavy atom. The number of aliphatic carboxylic acids is 1. The number of aryl methyl sites for hydroxylation is 1. The summed E-state index contributed by atoms with van der Waals surface area (Å²) in [6.45, 7) is 2.05. The van der Waals surface area contributed by atoms with Crippen molar-refractivity contribution in [3.05, 3.63) is 64.8 Å². The molecule has 27 heavy (non-hydrogen) atoms. The molecule has 0 aliphatic carbocycles. The SMILES string of the molecule is CCc1c(CCC(=O)O)nn(-c2ccc(OC)cc2)c1-c1ccc(Cl)cc1. The van der Waals surface area contributed by atoms with E-state index in [0.29, 0.717) is 11.4 Å². The molecule has 0 spiro atoms.